The predicted octanol–water partition coefficient (Wildman–Crippen LogP) is 2.04. The van der Waals surface area contributed by atoms with Gasteiger partial charge in [0.05, 0.1) is 10.0 Å². The molecule has 1 N–H and O–H groups in total. The maximum atomic E-state index is 11.7. The number of nitrogens with zero attached hydrogens (tertiary/aromatic N) is 2. The van der Waals surface area contributed by atoms with Crippen LogP contribution in [0.25, 0.3) is 0 Å². The summed E-state index contributed by atoms with van der Waals surface area (Å²) >= 11 is 6.62. The summed E-state index contributed by atoms with van der Waals surface area (Å²) in [6.45, 7) is 0.539. The second-order valence-corrected chi connectivity index (χ2v) is 5.79. The van der Waals surface area contributed by atoms with Gasteiger partial charge in [0.25, 0.3) is 0 Å². The molecule has 1 amide bonds. The monoisotopic (exact) mass is 362 g/mol. The van der Waals surface area contributed by atoms with Crippen LogP contribution in [0.15, 0.2) is 16.7 Å². The Bertz CT molecular complexity index is 492. The maximum absolute atomic E-state index is 11.7. The van der Waals surface area contributed by atoms with Crippen LogP contribution in [0.5, 0.6) is 0 Å². The molecule has 1 saturated heterocycles. The zero-order valence-corrected chi connectivity index (χ0v) is 11.7. The first kappa shape index (κ1) is 12.5. The number of carboxylic acids is 1. The van der Waals surface area contributed by atoms with Gasteiger partial charge in [-0.1, -0.05) is 15.9 Å². The minimum Gasteiger partial charge on any atom is -0.478 e. The summed E-state index contributed by atoms with van der Waals surface area (Å²) in [6.07, 6.45) is 1.67. The molecule has 1 aliphatic rings. The van der Waals surface area contributed by atoms with Gasteiger partial charge in [0, 0.05) is 24.0 Å². The number of carbonyl (C=O) groups excluding carboxylic acids is 1. The van der Waals surface area contributed by atoms with Crippen LogP contribution in [-0.4, -0.2) is 33.3 Å². The van der Waals surface area contributed by atoms with Crippen molar-refractivity contribution in [3.05, 3.63) is 22.3 Å². The molecule has 1 aromatic heterocycles. The second kappa shape index (κ2) is 4.73. The molecule has 1 unspecified atom stereocenters. The molecule has 0 aromatic carbocycles. The molecule has 1 fully saturated rings. The van der Waals surface area contributed by atoms with Crippen LogP contribution in [0.3, 0.4) is 0 Å². The first-order valence-corrected chi connectivity index (χ1v) is 6.53. The highest BCUT2D eigenvalue weighted by Gasteiger charge is 2.31. The van der Waals surface area contributed by atoms with Crippen molar-refractivity contribution in [2.75, 3.05) is 11.4 Å². The Morgan fingerprint density at radius 2 is 2.29 bits per heavy atom. The molecule has 1 atom stereocenters. The van der Waals surface area contributed by atoms with Crippen LogP contribution in [0.4, 0.5) is 5.82 Å². The van der Waals surface area contributed by atoms with Gasteiger partial charge in [-0.05, 0) is 22.0 Å². The van der Waals surface area contributed by atoms with Gasteiger partial charge in [0.1, 0.15) is 5.82 Å². The van der Waals surface area contributed by atoms with E-state index < -0.39 is 5.97 Å². The summed E-state index contributed by atoms with van der Waals surface area (Å²) in [7, 11) is 0. The van der Waals surface area contributed by atoms with Crippen molar-refractivity contribution in [1.29, 1.82) is 0 Å². The number of hydrogen-bond donors (Lipinski definition) is 1. The van der Waals surface area contributed by atoms with Gasteiger partial charge < -0.3 is 5.11 Å². The van der Waals surface area contributed by atoms with E-state index in [4.69, 9.17) is 5.11 Å². The summed E-state index contributed by atoms with van der Waals surface area (Å²) in [5, 5.41) is 8.81. The predicted molar refractivity (Wildman–Crippen MR) is 68.6 cm³/mol. The summed E-state index contributed by atoms with van der Waals surface area (Å²) in [6, 6.07) is 1.44. The summed E-state index contributed by atoms with van der Waals surface area (Å²) in [5.74, 6) is -0.610. The largest absolute Gasteiger partial charge is 0.478 e. The number of amides is 1. The quantitative estimate of drug-likeness (QED) is 0.816. The number of aromatic carboxylic acids is 1. The third kappa shape index (κ3) is 2.50. The molecule has 17 heavy (non-hydrogen) atoms. The summed E-state index contributed by atoms with van der Waals surface area (Å²) in [4.78, 5) is 28.1. The van der Waals surface area contributed by atoms with Gasteiger partial charge in [-0.2, -0.15) is 0 Å². The highest BCUT2D eigenvalue weighted by Crippen LogP contribution is 2.30. The molecule has 7 heteroatoms. The zero-order chi connectivity index (χ0) is 12.6. The van der Waals surface area contributed by atoms with Gasteiger partial charge in [-0.25, -0.2) is 9.78 Å². The summed E-state index contributed by atoms with van der Waals surface area (Å²) < 4.78 is 0.507. The number of anilines is 1. The standard InChI is InChI=1S/C10H8Br2N2O3/c11-6-2-8(15)14(4-6)9-7(12)1-5(3-13-9)10(16)17/h1,3,6H,2,4H2,(H,16,17). The van der Waals surface area contributed by atoms with Gasteiger partial charge >= 0.3 is 5.97 Å². The SMILES string of the molecule is O=C(O)c1cnc(N2CC(Br)CC2=O)c(Br)c1. The van der Waals surface area contributed by atoms with Crippen molar-refractivity contribution in [2.45, 2.75) is 11.2 Å². The number of carbonyl (C=O) groups is 2. The smallest absolute Gasteiger partial charge is 0.337 e. The minimum atomic E-state index is -1.05. The number of carboxylic acid groups (broad SMARTS) is 1. The number of aromatic nitrogens is 1. The van der Waals surface area contributed by atoms with Gasteiger partial charge in [0.2, 0.25) is 5.91 Å². The van der Waals surface area contributed by atoms with Crippen molar-refractivity contribution in [2.24, 2.45) is 0 Å². The maximum Gasteiger partial charge on any atom is 0.337 e. The topological polar surface area (TPSA) is 70.5 Å². The molecule has 5 nitrogen and oxygen atoms in total. The van der Waals surface area contributed by atoms with Crippen molar-refractivity contribution < 1.29 is 14.7 Å². The van der Waals surface area contributed by atoms with Crippen LogP contribution < -0.4 is 4.90 Å². The highest BCUT2D eigenvalue weighted by molar-refractivity contribution is 9.10. The fourth-order valence-electron chi connectivity index (χ4n) is 1.61. The Morgan fingerprint density at radius 3 is 2.76 bits per heavy atom. The van der Waals surface area contributed by atoms with Crippen molar-refractivity contribution in [3.8, 4) is 0 Å². The first-order valence-electron chi connectivity index (χ1n) is 4.82. The molecule has 1 aromatic rings. The Kier molecular flexibility index (Phi) is 3.48. The lowest BCUT2D eigenvalue weighted by Crippen LogP contribution is -2.26. The van der Waals surface area contributed by atoms with Crippen LogP contribution in [0.1, 0.15) is 16.8 Å². The summed E-state index contributed by atoms with van der Waals surface area (Å²) in [5.41, 5.74) is 0.0858. The van der Waals surface area contributed by atoms with Crippen LogP contribution in [0, 0.1) is 0 Å². The minimum absolute atomic E-state index is 0.0249. The van der Waals surface area contributed by atoms with Gasteiger partial charge in [-0.15, -0.1) is 0 Å². The second-order valence-electron chi connectivity index (χ2n) is 3.64. The third-order valence-electron chi connectivity index (χ3n) is 2.40. The molecular weight excluding hydrogens is 356 g/mol. The van der Waals surface area contributed by atoms with Crippen LogP contribution in [-0.2, 0) is 4.79 Å². The molecule has 0 saturated carbocycles. The molecule has 2 rings (SSSR count). The molecule has 0 spiro atoms. The number of halogens is 2. The lowest BCUT2D eigenvalue weighted by Gasteiger charge is -2.16. The van der Waals surface area contributed by atoms with E-state index in [1.807, 2.05) is 0 Å². The molecule has 0 bridgehead atoms. The number of hydrogen-bond acceptors (Lipinski definition) is 3. The molecular formula is C10H8Br2N2O3. The molecule has 90 valence electrons. The normalized spacial score (nSPS) is 19.8. The van der Waals surface area contributed by atoms with Crippen LogP contribution in [0.2, 0.25) is 0 Å². The van der Waals surface area contributed by atoms with Gasteiger partial charge in [-0.3, -0.25) is 9.69 Å². The Morgan fingerprint density at radius 1 is 1.59 bits per heavy atom. The zero-order valence-electron chi connectivity index (χ0n) is 8.56. The average molecular weight is 364 g/mol. The van der Waals surface area contributed by atoms with E-state index in [2.05, 4.69) is 36.8 Å². The number of alkyl halides is 1. The first-order chi connectivity index (χ1) is 7.99. The van der Waals surface area contributed by atoms with Gasteiger partial charge in [0.15, 0.2) is 0 Å². The molecule has 1 aliphatic heterocycles. The van der Waals surface area contributed by atoms with Crippen molar-refractivity contribution >= 4 is 49.6 Å². The van der Waals surface area contributed by atoms with E-state index in [0.29, 0.717) is 23.3 Å². The highest BCUT2D eigenvalue weighted by atomic mass is 79.9. The van der Waals surface area contributed by atoms with Crippen LogP contribution >= 0.6 is 31.9 Å². The van der Waals surface area contributed by atoms with E-state index in [1.54, 1.807) is 0 Å². The fraction of sp³-hybridized carbons (Fsp3) is 0.300. The third-order valence-corrected chi connectivity index (χ3v) is 3.60. The van der Waals surface area contributed by atoms with Crippen molar-refractivity contribution in [3.63, 3.8) is 0 Å². The van der Waals surface area contributed by atoms with E-state index in [1.165, 1.54) is 17.2 Å². The number of rotatable bonds is 2. The lowest BCUT2D eigenvalue weighted by molar-refractivity contribution is -0.117. The molecule has 0 aliphatic carbocycles. The Labute approximate surface area is 114 Å². The number of pyridine rings is 1. The molecule has 2 heterocycles. The van der Waals surface area contributed by atoms with E-state index >= 15 is 0 Å². The molecule has 0 radical (unpaired) electrons. The Hall–Kier alpha value is -0.950. The van der Waals surface area contributed by atoms with E-state index in [0.717, 1.165) is 0 Å². The van der Waals surface area contributed by atoms with Crippen molar-refractivity contribution in [1.82, 2.24) is 4.98 Å². The fourth-order valence-corrected chi connectivity index (χ4v) is 2.74. The van der Waals surface area contributed by atoms with E-state index in [9.17, 15) is 9.59 Å². The average Bonchev–Trinajstić information content (AvgIpc) is 2.57. The lowest BCUT2D eigenvalue weighted by atomic mass is 10.3. The van der Waals surface area contributed by atoms with E-state index in [-0.39, 0.29) is 16.3 Å². The Balaban J connectivity index is 2.34.